The normalized spacial score (nSPS) is 12.6. The summed E-state index contributed by atoms with van der Waals surface area (Å²) in [6.45, 7) is 16.9. The van der Waals surface area contributed by atoms with E-state index in [1.165, 1.54) is 0 Å². The maximum absolute atomic E-state index is 12.1. The number of phenols is 1. The Labute approximate surface area is 211 Å². The van der Waals surface area contributed by atoms with Crippen LogP contribution in [-0.2, 0) is 37.3 Å². The Morgan fingerprint density at radius 3 is 1.71 bits per heavy atom. The molecule has 0 spiro atoms. The fraction of sp³-hybridized carbons (Fsp3) is 0.571. The third-order valence-corrected chi connectivity index (χ3v) is 6.83. The molecule has 1 N–H and O–H groups in total. The van der Waals surface area contributed by atoms with E-state index < -0.39 is 8.25 Å². The van der Waals surface area contributed by atoms with E-state index in [4.69, 9.17) is 9.05 Å². The van der Waals surface area contributed by atoms with Crippen LogP contribution in [0, 0.1) is 18.8 Å². The van der Waals surface area contributed by atoms with Gasteiger partial charge < -0.3 is 5.11 Å². The van der Waals surface area contributed by atoms with Crippen LogP contribution in [0.15, 0.2) is 29.4 Å². The van der Waals surface area contributed by atoms with E-state index >= 15 is 0 Å². The largest absolute Gasteiger partial charge is 0.697 e. The molecule has 0 saturated heterocycles. The van der Waals surface area contributed by atoms with E-state index in [1.54, 1.807) is 0 Å². The second-order valence-electron chi connectivity index (χ2n) is 11.3. The average molecular weight is 503 g/mol. The topological polar surface area (TPSA) is 85.2 Å². The van der Waals surface area contributed by atoms with Gasteiger partial charge in [-0.15, -0.1) is 14.0 Å². The van der Waals surface area contributed by atoms with Crippen molar-refractivity contribution in [2.45, 2.75) is 91.9 Å². The van der Waals surface area contributed by atoms with Crippen molar-refractivity contribution < 1.29 is 18.7 Å². The Morgan fingerprint density at radius 2 is 1.26 bits per heavy atom. The number of rotatable bonds is 11. The zero-order valence-corrected chi connectivity index (χ0v) is 23.4. The van der Waals surface area contributed by atoms with Crippen LogP contribution in [0.3, 0.4) is 0 Å². The predicted octanol–water partition coefficient (Wildman–Crippen LogP) is 8.26. The Kier molecular flexibility index (Phi) is 10.1. The van der Waals surface area contributed by atoms with Crippen LogP contribution in [0.4, 0.5) is 5.69 Å². The molecule has 0 aliphatic carbocycles. The van der Waals surface area contributed by atoms with E-state index in [0.29, 0.717) is 37.5 Å². The minimum Gasteiger partial charge on any atom is -0.507 e. The lowest BCUT2D eigenvalue weighted by Crippen LogP contribution is -2.12. The Balaban J connectivity index is 1.78. The molecule has 2 rings (SSSR count). The lowest BCUT2D eigenvalue weighted by atomic mass is 9.83. The van der Waals surface area contributed by atoms with E-state index in [0.717, 1.165) is 46.2 Å². The molecular weight excluding hydrogens is 461 g/mol. The Morgan fingerprint density at radius 1 is 0.800 bits per heavy atom. The van der Waals surface area contributed by atoms with Crippen molar-refractivity contribution in [2.24, 2.45) is 5.18 Å². The van der Waals surface area contributed by atoms with Gasteiger partial charge in [-0.3, -0.25) is 0 Å². The first-order chi connectivity index (χ1) is 16.2. The fourth-order valence-corrected chi connectivity index (χ4v) is 4.76. The second kappa shape index (κ2) is 12.2. The number of aryl methyl sites for hydroxylation is 4. The summed E-state index contributed by atoms with van der Waals surface area (Å²) in [5, 5.41) is 13.6. The molecule has 192 valence electrons. The quantitative estimate of drug-likeness (QED) is 0.190. The van der Waals surface area contributed by atoms with Gasteiger partial charge >= 0.3 is 8.25 Å². The molecule has 0 amide bonds. The van der Waals surface area contributed by atoms with Crippen LogP contribution in [0.25, 0.3) is 0 Å². The van der Waals surface area contributed by atoms with Gasteiger partial charge in [-0.1, -0.05) is 65.8 Å². The highest BCUT2D eigenvalue weighted by molar-refractivity contribution is 7.33. The summed E-state index contributed by atoms with van der Waals surface area (Å²) in [6.07, 6.45) is 2.94. The van der Waals surface area contributed by atoms with Gasteiger partial charge in [0, 0.05) is 4.57 Å². The highest BCUT2D eigenvalue weighted by Crippen LogP contribution is 2.36. The van der Waals surface area contributed by atoms with Crippen molar-refractivity contribution in [1.29, 1.82) is 0 Å². The Hall–Kier alpha value is -2.14. The highest BCUT2D eigenvalue weighted by atomic mass is 31.1. The summed E-state index contributed by atoms with van der Waals surface area (Å²) in [6, 6.07) is 8.06. The van der Waals surface area contributed by atoms with Gasteiger partial charge in [-0.2, -0.15) is 0 Å². The smallest absolute Gasteiger partial charge is 0.507 e. The van der Waals surface area contributed by atoms with Crippen molar-refractivity contribution in [2.75, 3.05) is 13.2 Å². The number of phenolic OH excluding ortho intramolecular Hbond substituents is 1. The molecule has 2 aromatic rings. The second-order valence-corrected chi connectivity index (χ2v) is 12.3. The summed E-state index contributed by atoms with van der Waals surface area (Å²) in [5.74, 6) is 0.357. The maximum atomic E-state index is 12.1. The predicted molar refractivity (Wildman–Crippen MR) is 143 cm³/mol. The fourth-order valence-electron chi connectivity index (χ4n) is 4.13. The van der Waals surface area contributed by atoms with Gasteiger partial charge in [0.15, 0.2) is 0 Å². The van der Waals surface area contributed by atoms with E-state index in [-0.39, 0.29) is 10.8 Å². The zero-order chi connectivity index (χ0) is 26.4. The molecule has 0 fully saturated rings. The SMILES string of the molecule is Cc1cc(CCCO[P+](=O)OCCCc2cc(C)c(N=O)c(C(C)(C)C)c2)cc(C(C)(C)C)c1O. The Bertz CT molecular complexity index is 1050. The highest BCUT2D eigenvalue weighted by Gasteiger charge is 2.23. The molecule has 1 atom stereocenters. The summed E-state index contributed by atoms with van der Waals surface area (Å²) >= 11 is 0. The summed E-state index contributed by atoms with van der Waals surface area (Å²) < 4.78 is 22.8. The molecule has 0 heterocycles. The molecule has 7 heteroatoms. The van der Waals surface area contributed by atoms with Gasteiger partial charge in [-0.25, -0.2) is 0 Å². The van der Waals surface area contributed by atoms with Crippen molar-refractivity contribution >= 4 is 13.9 Å². The first-order valence-electron chi connectivity index (χ1n) is 12.3. The van der Waals surface area contributed by atoms with E-state index in [1.807, 2.05) is 38.1 Å². The van der Waals surface area contributed by atoms with Gasteiger partial charge in [0.25, 0.3) is 0 Å². The minimum absolute atomic E-state index is 0.140. The minimum atomic E-state index is -2.16. The summed E-state index contributed by atoms with van der Waals surface area (Å²) in [4.78, 5) is 11.3. The molecular formula is C28H41NO5P+. The molecule has 2 aromatic carbocycles. The third kappa shape index (κ3) is 8.49. The van der Waals surface area contributed by atoms with Crippen molar-refractivity contribution in [1.82, 2.24) is 0 Å². The third-order valence-electron chi connectivity index (χ3n) is 6.04. The number of hydrogen-bond acceptors (Lipinski definition) is 6. The van der Waals surface area contributed by atoms with Crippen molar-refractivity contribution in [3.05, 3.63) is 62.6 Å². The van der Waals surface area contributed by atoms with Crippen LogP contribution in [0.2, 0.25) is 0 Å². The van der Waals surface area contributed by atoms with Gasteiger partial charge in [0.05, 0.1) is 0 Å². The average Bonchev–Trinajstić information content (AvgIpc) is 2.74. The van der Waals surface area contributed by atoms with Gasteiger partial charge in [-0.05, 0) is 88.9 Å². The number of nitrogens with zero attached hydrogens (tertiary/aromatic N) is 1. The van der Waals surface area contributed by atoms with Crippen LogP contribution in [0.5, 0.6) is 5.75 Å². The number of hydrogen-bond donors (Lipinski definition) is 1. The molecule has 35 heavy (non-hydrogen) atoms. The zero-order valence-electron chi connectivity index (χ0n) is 22.5. The molecule has 0 aliphatic rings. The summed E-state index contributed by atoms with van der Waals surface area (Å²) in [5.41, 5.74) is 6.06. The lowest BCUT2D eigenvalue weighted by Gasteiger charge is -2.22. The standard InChI is InChI=1S/C28H40NO5P/c1-19-15-21(17-23(25(19)29-31)27(3,4)5)11-9-13-33-35(32)34-14-10-12-22-16-20(2)26(30)24(18-22)28(6,7)8/h15-18H,9-14H2,1-8H3/p+1. The van der Waals surface area contributed by atoms with Gasteiger partial charge in [0.2, 0.25) is 0 Å². The maximum Gasteiger partial charge on any atom is 0.697 e. The van der Waals surface area contributed by atoms with Crippen LogP contribution < -0.4 is 0 Å². The molecule has 6 nitrogen and oxygen atoms in total. The lowest BCUT2D eigenvalue weighted by molar-refractivity contribution is 0.222. The number of aromatic hydroxyl groups is 1. The van der Waals surface area contributed by atoms with Gasteiger partial charge in [0.1, 0.15) is 24.7 Å². The molecule has 0 aromatic heterocycles. The molecule has 1 unspecified atom stereocenters. The summed E-state index contributed by atoms with van der Waals surface area (Å²) in [7, 11) is -2.16. The molecule has 0 aliphatic heterocycles. The first kappa shape index (κ1) is 29.1. The van der Waals surface area contributed by atoms with Crippen LogP contribution >= 0.6 is 8.25 Å². The molecule has 0 bridgehead atoms. The number of nitroso groups, excluding NO2 is 1. The monoisotopic (exact) mass is 502 g/mol. The van der Waals surface area contributed by atoms with Crippen LogP contribution in [-0.4, -0.2) is 18.3 Å². The number of benzene rings is 2. The van der Waals surface area contributed by atoms with Crippen LogP contribution in [0.1, 0.15) is 87.8 Å². The van der Waals surface area contributed by atoms with Crippen molar-refractivity contribution in [3.8, 4) is 5.75 Å². The molecule has 0 saturated carbocycles. The van der Waals surface area contributed by atoms with Crippen molar-refractivity contribution in [3.63, 3.8) is 0 Å². The van der Waals surface area contributed by atoms with E-state index in [9.17, 15) is 14.6 Å². The first-order valence-corrected chi connectivity index (χ1v) is 13.4. The van der Waals surface area contributed by atoms with E-state index in [2.05, 4.69) is 46.7 Å². The molecule has 0 radical (unpaired) electrons.